The van der Waals surface area contributed by atoms with Crippen molar-refractivity contribution in [3.05, 3.63) is 12.2 Å². The van der Waals surface area contributed by atoms with Crippen LogP contribution in [0.3, 0.4) is 0 Å². The number of rotatable bonds is 1. The van der Waals surface area contributed by atoms with Gasteiger partial charge in [0.2, 0.25) is 0 Å². The lowest BCUT2D eigenvalue weighted by atomic mass is 10.1. The first-order chi connectivity index (χ1) is 5.07. The van der Waals surface area contributed by atoms with Gasteiger partial charge in [0.1, 0.15) is 0 Å². The maximum Gasteiger partial charge on any atom is 0.308 e. The van der Waals surface area contributed by atoms with Gasteiger partial charge in [0.15, 0.2) is 5.78 Å². The van der Waals surface area contributed by atoms with Crippen molar-refractivity contribution in [3.8, 4) is 0 Å². The molecule has 0 heterocycles. The molecule has 1 saturated carbocycles. The van der Waals surface area contributed by atoms with E-state index >= 15 is 0 Å². The van der Waals surface area contributed by atoms with Crippen LogP contribution in [0.4, 0.5) is 0 Å². The van der Waals surface area contributed by atoms with Gasteiger partial charge >= 0.3 is 5.97 Å². The molecule has 3 nitrogen and oxygen atoms in total. The van der Waals surface area contributed by atoms with Crippen molar-refractivity contribution in [2.75, 3.05) is 0 Å². The third-order valence-electron chi connectivity index (χ3n) is 2.74. The van der Waals surface area contributed by atoms with Crippen LogP contribution in [0.5, 0.6) is 0 Å². The summed E-state index contributed by atoms with van der Waals surface area (Å²) in [4.78, 5) is 21.5. The zero-order chi connectivity index (χ0) is 8.22. The molecule has 0 aromatic heterocycles. The summed E-state index contributed by atoms with van der Waals surface area (Å²) in [6.45, 7) is 1.82. The van der Waals surface area contributed by atoms with E-state index in [9.17, 15) is 9.59 Å². The van der Waals surface area contributed by atoms with E-state index in [0.717, 1.165) is 0 Å². The third-order valence-corrected chi connectivity index (χ3v) is 2.74. The standard InChI is InChI=1S/C8H8O3/c1-8-3-2-4(9)5(8)6(8)7(10)11/h2-3,5-6H,1H3,(H,10,11)/t5-,6+,8+/m0/s1. The van der Waals surface area contributed by atoms with Crippen molar-refractivity contribution in [1.29, 1.82) is 0 Å². The molecule has 2 aliphatic rings. The minimum atomic E-state index is -0.852. The molecule has 0 spiro atoms. The van der Waals surface area contributed by atoms with E-state index in [4.69, 9.17) is 5.11 Å². The Morgan fingerprint density at radius 2 is 2.36 bits per heavy atom. The second kappa shape index (κ2) is 1.55. The summed E-state index contributed by atoms with van der Waals surface area (Å²) in [5, 5.41) is 8.66. The van der Waals surface area contributed by atoms with Crippen LogP contribution in [0.2, 0.25) is 0 Å². The highest BCUT2D eigenvalue weighted by molar-refractivity contribution is 6.03. The summed E-state index contributed by atoms with van der Waals surface area (Å²) < 4.78 is 0. The fraction of sp³-hybridized carbons (Fsp3) is 0.500. The molecule has 0 aliphatic heterocycles. The van der Waals surface area contributed by atoms with Crippen LogP contribution >= 0.6 is 0 Å². The molecule has 0 radical (unpaired) electrons. The largest absolute Gasteiger partial charge is 0.481 e. The Kier molecular flexibility index (Phi) is 0.926. The average Bonchev–Trinajstić information content (AvgIpc) is 2.43. The van der Waals surface area contributed by atoms with Gasteiger partial charge in [0, 0.05) is 11.3 Å². The molecule has 11 heavy (non-hydrogen) atoms. The highest BCUT2D eigenvalue weighted by Gasteiger charge is 2.69. The van der Waals surface area contributed by atoms with Crippen LogP contribution in [0, 0.1) is 17.3 Å². The maximum atomic E-state index is 11.0. The number of carbonyl (C=O) groups is 2. The molecule has 3 heteroatoms. The second-order valence-corrected chi connectivity index (χ2v) is 3.40. The Morgan fingerprint density at radius 3 is 2.64 bits per heavy atom. The molecule has 3 atom stereocenters. The van der Waals surface area contributed by atoms with E-state index < -0.39 is 11.9 Å². The van der Waals surface area contributed by atoms with E-state index in [0.29, 0.717) is 0 Å². The molecule has 2 aliphatic carbocycles. The predicted octanol–water partition coefficient (Wildman–Crippen LogP) is 0.462. The monoisotopic (exact) mass is 152 g/mol. The van der Waals surface area contributed by atoms with Gasteiger partial charge in [-0.1, -0.05) is 13.0 Å². The Labute approximate surface area is 63.7 Å². The Morgan fingerprint density at radius 1 is 1.73 bits per heavy atom. The van der Waals surface area contributed by atoms with Crippen LogP contribution in [0.1, 0.15) is 6.92 Å². The lowest BCUT2D eigenvalue weighted by molar-refractivity contribution is -0.140. The number of aliphatic carboxylic acids is 1. The van der Waals surface area contributed by atoms with E-state index in [1.165, 1.54) is 6.08 Å². The SMILES string of the molecule is C[C@@]12C=CC(=O)[C@H]1[C@@H]2C(=O)O. The zero-order valence-corrected chi connectivity index (χ0v) is 6.07. The maximum absolute atomic E-state index is 11.0. The average molecular weight is 152 g/mol. The Balaban J connectivity index is 2.31. The van der Waals surface area contributed by atoms with Gasteiger partial charge in [-0.15, -0.1) is 0 Å². The van der Waals surface area contributed by atoms with Gasteiger partial charge in [-0.25, -0.2) is 0 Å². The van der Waals surface area contributed by atoms with Crippen molar-refractivity contribution >= 4 is 11.8 Å². The molecule has 0 aromatic carbocycles. The second-order valence-electron chi connectivity index (χ2n) is 3.40. The number of hydrogen-bond acceptors (Lipinski definition) is 2. The molecule has 0 amide bonds. The molecule has 0 aromatic rings. The van der Waals surface area contributed by atoms with Crippen molar-refractivity contribution in [1.82, 2.24) is 0 Å². The number of ketones is 1. The number of fused-ring (bicyclic) bond motifs is 1. The summed E-state index contributed by atoms with van der Waals surface area (Å²) in [6, 6.07) is 0. The van der Waals surface area contributed by atoms with Gasteiger partial charge in [0.25, 0.3) is 0 Å². The Hall–Kier alpha value is -1.12. The first-order valence-corrected chi connectivity index (χ1v) is 3.53. The van der Waals surface area contributed by atoms with Gasteiger partial charge in [0.05, 0.1) is 5.92 Å². The minimum absolute atomic E-state index is 0.0279. The normalized spacial score (nSPS) is 45.7. The molecule has 1 fully saturated rings. The smallest absolute Gasteiger partial charge is 0.308 e. The van der Waals surface area contributed by atoms with Crippen LogP contribution in [0.15, 0.2) is 12.2 Å². The summed E-state index contributed by atoms with van der Waals surface area (Å²) in [7, 11) is 0. The number of hydrogen-bond donors (Lipinski definition) is 1. The van der Waals surface area contributed by atoms with Crippen molar-refractivity contribution in [2.45, 2.75) is 6.92 Å². The minimum Gasteiger partial charge on any atom is -0.481 e. The van der Waals surface area contributed by atoms with E-state index in [1.807, 2.05) is 6.92 Å². The van der Waals surface area contributed by atoms with Gasteiger partial charge < -0.3 is 5.11 Å². The fourth-order valence-electron chi connectivity index (χ4n) is 1.98. The van der Waals surface area contributed by atoms with Crippen molar-refractivity contribution < 1.29 is 14.7 Å². The molecule has 1 N–H and O–H groups in total. The Bertz CT molecular complexity index is 279. The molecule has 0 saturated heterocycles. The molecular weight excluding hydrogens is 144 g/mol. The summed E-state index contributed by atoms with van der Waals surface area (Å²) >= 11 is 0. The molecular formula is C8H8O3. The number of allylic oxidation sites excluding steroid dienone is 2. The van der Waals surface area contributed by atoms with E-state index in [-0.39, 0.29) is 17.1 Å². The topological polar surface area (TPSA) is 54.4 Å². The van der Waals surface area contributed by atoms with Crippen LogP contribution < -0.4 is 0 Å². The summed E-state index contributed by atoms with van der Waals surface area (Å²) in [5.41, 5.74) is -0.358. The highest BCUT2D eigenvalue weighted by Crippen LogP contribution is 2.63. The molecule has 0 bridgehead atoms. The molecule has 0 unspecified atom stereocenters. The van der Waals surface area contributed by atoms with Crippen LogP contribution in [-0.4, -0.2) is 16.9 Å². The number of carboxylic acids is 1. The lowest BCUT2D eigenvalue weighted by Crippen LogP contribution is -2.07. The predicted molar refractivity (Wildman–Crippen MR) is 36.9 cm³/mol. The number of carbonyl (C=O) groups excluding carboxylic acids is 1. The molecule has 58 valence electrons. The van der Waals surface area contributed by atoms with Crippen molar-refractivity contribution in [3.63, 3.8) is 0 Å². The highest BCUT2D eigenvalue weighted by atomic mass is 16.4. The quantitative estimate of drug-likeness (QED) is 0.594. The summed E-state index contributed by atoms with van der Waals surface area (Å²) in [6.07, 6.45) is 3.21. The zero-order valence-electron chi connectivity index (χ0n) is 6.07. The number of carboxylic acid groups (broad SMARTS) is 1. The van der Waals surface area contributed by atoms with E-state index in [1.54, 1.807) is 6.08 Å². The lowest BCUT2D eigenvalue weighted by Gasteiger charge is -1.96. The van der Waals surface area contributed by atoms with Crippen LogP contribution in [0.25, 0.3) is 0 Å². The van der Waals surface area contributed by atoms with Gasteiger partial charge in [-0.3, -0.25) is 9.59 Å². The first-order valence-electron chi connectivity index (χ1n) is 3.53. The fourth-order valence-corrected chi connectivity index (χ4v) is 1.98. The van der Waals surface area contributed by atoms with Gasteiger partial charge in [-0.2, -0.15) is 0 Å². The molecule has 2 rings (SSSR count). The van der Waals surface area contributed by atoms with E-state index in [2.05, 4.69) is 0 Å². The van der Waals surface area contributed by atoms with Crippen molar-refractivity contribution in [2.24, 2.45) is 17.3 Å². The first kappa shape index (κ1) is 6.58. The van der Waals surface area contributed by atoms with Crippen LogP contribution in [-0.2, 0) is 9.59 Å². The summed E-state index contributed by atoms with van der Waals surface area (Å²) in [5.74, 6) is -1.60. The van der Waals surface area contributed by atoms with Gasteiger partial charge in [-0.05, 0) is 6.08 Å². The third kappa shape index (κ3) is 0.582.